The molecule has 4 aliphatic heterocycles. The van der Waals surface area contributed by atoms with Gasteiger partial charge in [0.05, 0.1) is 31.5 Å². The molecule has 62 heavy (non-hydrogen) atoms. The number of piperazine rings is 1. The van der Waals surface area contributed by atoms with Crippen molar-refractivity contribution in [3.8, 4) is 5.75 Å². The zero-order valence-corrected chi connectivity index (χ0v) is 35.2. The third-order valence-electron chi connectivity index (χ3n) is 12.9. The van der Waals surface area contributed by atoms with Crippen molar-refractivity contribution in [2.75, 3.05) is 86.5 Å². The Bertz CT molecular complexity index is 2170. The average Bonchev–Trinajstić information content (AvgIpc) is 3.81. The van der Waals surface area contributed by atoms with Gasteiger partial charge in [-0.2, -0.15) is 13.8 Å². The number of hydrogen-bond acceptors (Lipinski definition) is 12. The van der Waals surface area contributed by atoms with Crippen LogP contribution in [0.2, 0.25) is 0 Å². The van der Waals surface area contributed by atoms with Crippen LogP contribution in [0.3, 0.4) is 0 Å². The molecule has 330 valence electrons. The van der Waals surface area contributed by atoms with E-state index in [1.54, 1.807) is 23.1 Å². The van der Waals surface area contributed by atoms with Crippen LogP contribution in [0.25, 0.3) is 0 Å². The number of fused-ring (bicyclic) bond motifs is 1. The molecule has 0 bridgehead atoms. The molecule has 1 unspecified atom stereocenters. The summed E-state index contributed by atoms with van der Waals surface area (Å²) in [5.41, 5.74) is 3.06. The molecular formula is C44H54F2N10O6. The number of carbonyl (C=O) groups excluding carboxylic acids is 5. The minimum atomic E-state index is -3.58. The highest BCUT2D eigenvalue weighted by Gasteiger charge is 2.49. The summed E-state index contributed by atoms with van der Waals surface area (Å²) in [6.07, 6.45) is 7.23. The molecule has 5 heterocycles. The molecule has 3 aromatic rings. The number of likely N-dealkylation sites (tertiary alicyclic amines) is 1. The molecular weight excluding hydrogens is 803 g/mol. The molecule has 1 saturated carbocycles. The van der Waals surface area contributed by atoms with E-state index in [0.717, 1.165) is 68.0 Å². The lowest BCUT2D eigenvalue weighted by atomic mass is 9.90. The van der Waals surface area contributed by atoms with Crippen LogP contribution in [0, 0.1) is 0 Å². The minimum absolute atomic E-state index is 0.102. The Morgan fingerprint density at radius 3 is 2.35 bits per heavy atom. The van der Waals surface area contributed by atoms with E-state index in [1.807, 2.05) is 29.2 Å². The highest BCUT2D eigenvalue weighted by Crippen LogP contribution is 2.40. The standard InChI is InChI=1S/C44H54F2N10O6/c1-52-35-26-47-43(51-39(35)56(32-5-3-4-6-32)27-44(45,46)42(52)61)49-34-13-9-29(25-36(34)62-2)40(59)48-30-15-19-55(20-16-30)38(58)17-18-53-21-23-54(24-22-53)31-10-7-28(8-11-31)33-12-14-37(57)50-41(33)60/h7-11,13,25-26,30,32-33H,3-6,12,14-24,27H2,1-2H3,(H,48,59)(H,47,49,51)(H,50,57,60). The molecule has 1 aromatic heterocycles. The number of nitrogens with zero attached hydrogens (tertiary/aromatic N) is 7. The summed E-state index contributed by atoms with van der Waals surface area (Å²) in [5.74, 6) is -5.05. The van der Waals surface area contributed by atoms with Crippen molar-refractivity contribution in [1.82, 2.24) is 30.4 Å². The molecule has 4 fully saturated rings. The second-order valence-corrected chi connectivity index (χ2v) is 16.9. The summed E-state index contributed by atoms with van der Waals surface area (Å²) < 4.78 is 35.7. The van der Waals surface area contributed by atoms with Crippen molar-refractivity contribution in [2.45, 2.75) is 81.7 Å². The molecule has 5 amide bonds. The second kappa shape index (κ2) is 18.2. The van der Waals surface area contributed by atoms with Crippen molar-refractivity contribution >= 4 is 58.4 Å². The number of methoxy groups -OCH3 is 1. The highest BCUT2D eigenvalue weighted by atomic mass is 19.3. The van der Waals surface area contributed by atoms with Crippen LogP contribution in [0.4, 0.5) is 37.6 Å². The fraction of sp³-hybridized carbons (Fsp3) is 0.523. The molecule has 1 aliphatic carbocycles. The molecule has 16 nitrogen and oxygen atoms in total. The van der Waals surface area contributed by atoms with E-state index in [9.17, 15) is 24.0 Å². The zero-order chi connectivity index (χ0) is 43.5. The topological polar surface area (TPSA) is 173 Å². The van der Waals surface area contributed by atoms with Gasteiger partial charge in [-0.1, -0.05) is 25.0 Å². The van der Waals surface area contributed by atoms with Gasteiger partial charge < -0.3 is 35.0 Å². The van der Waals surface area contributed by atoms with Crippen molar-refractivity contribution in [3.63, 3.8) is 0 Å². The maximum absolute atomic E-state index is 15.0. The van der Waals surface area contributed by atoms with Crippen molar-refractivity contribution in [3.05, 3.63) is 59.8 Å². The number of imide groups is 1. The third-order valence-corrected chi connectivity index (χ3v) is 12.9. The van der Waals surface area contributed by atoms with Crippen LogP contribution in [0.1, 0.15) is 79.6 Å². The lowest BCUT2D eigenvalue weighted by molar-refractivity contribution is -0.140. The first-order valence-electron chi connectivity index (χ1n) is 21.6. The summed E-state index contributed by atoms with van der Waals surface area (Å²) in [4.78, 5) is 81.0. The van der Waals surface area contributed by atoms with Crippen LogP contribution in [-0.2, 0) is 19.2 Å². The van der Waals surface area contributed by atoms with E-state index >= 15 is 8.78 Å². The summed E-state index contributed by atoms with van der Waals surface area (Å²) in [6.45, 7) is 4.36. The van der Waals surface area contributed by atoms with E-state index in [-0.39, 0.29) is 59.1 Å². The number of anilines is 5. The Hall–Kier alpha value is -5.91. The van der Waals surface area contributed by atoms with Gasteiger partial charge in [0.2, 0.25) is 23.7 Å². The SMILES string of the molecule is COc1cc(C(=O)NC2CCN(C(=O)CCN3CCN(c4ccc(C5CCC(=O)NC5=O)cc4)CC3)CC2)ccc1Nc1ncc2c(n1)N(C1CCCC1)CC(F)(F)C(=O)N2C. The number of halogens is 2. The summed E-state index contributed by atoms with van der Waals surface area (Å²) in [5, 5.41) is 8.64. The van der Waals surface area contributed by atoms with Crippen LogP contribution < -0.4 is 35.4 Å². The minimum Gasteiger partial charge on any atom is -0.495 e. The fourth-order valence-corrected chi connectivity index (χ4v) is 9.27. The normalized spacial score (nSPS) is 21.4. The van der Waals surface area contributed by atoms with Gasteiger partial charge in [-0.15, -0.1) is 0 Å². The summed E-state index contributed by atoms with van der Waals surface area (Å²) in [7, 11) is 2.79. The monoisotopic (exact) mass is 856 g/mol. The Kier molecular flexibility index (Phi) is 12.6. The number of carbonyl (C=O) groups is 5. The largest absolute Gasteiger partial charge is 0.495 e. The van der Waals surface area contributed by atoms with Crippen LogP contribution in [0.5, 0.6) is 5.75 Å². The van der Waals surface area contributed by atoms with Gasteiger partial charge in [0.1, 0.15) is 11.4 Å². The number of benzene rings is 2. The maximum atomic E-state index is 15.0. The van der Waals surface area contributed by atoms with Crippen molar-refractivity contribution in [1.29, 1.82) is 0 Å². The molecule has 2 aromatic carbocycles. The maximum Gasteiger partial charge on any atom is 0.342 e. The van der Waals surface area contributed by atoms with Crippen LogP contribution in [-0.4, -0.2) is 134 Å². The molecule has 18 heteroatoms. The van der Waals surface area contributed by atoms with Gasteiger partial charge in [0.25, 0.3) is 11.8 Å². The lowest BCUT2D eigenvalue weighted by Crippen LogP contribution is -2.49. The molecule has 0 spiro atoms. The number of piperidine rings is 2. The first-order valence-corrected chi connectivity index (χ1v) is 21.6. The Balaban J connectivity index is 0.793. The molecule has 8 rings (SSSR count). The van der Waals surface area contributed by atoms with Gasteiger partial charge >= 0.3 is 5.92 Å². The predicted molar refractivity (Wildman–Crippen MR) is 228 cm³/mol. The second-order valence-electron chi connectivity index (χ2n) is 16.9. The van der Waals surface area contributed by atoms with Crippen molar-refractivity contribution in [2.24, 2.45) is 0 Å². The average molecular weight is 857 g/mol. The van der Waals surface area contributed by atoms with Gasteiger partial charge in [-0.25, -0.2) is 4.98 Å². The smallest absolute Gasteiger partial charge is 0.342 e. The number of amides is 5. The van der Waals surface area contributed by atoms with E-state index in [4.69, 9.17) is 4.74 Å². The first-order chi connectivity index (χ1) is 29.9. The molecule has 1 atom stereocenters. The first kappa shape index (κ1) is 42.8. The third kappa shape index (κ3) is 9.29. The van der Waals surface area contributed by atoms with Gasteiger partial charge in [0.15, 0.2) is 5.82 Å². The van der Waals surface area contributed by atoms with Crippen molar-refractivity contribution < 1.29 is 37.5 Å². The zero-order valence-electron chi connectivity index (χ0n) is 35.2. The number of ether oxygens (including phenoxy) is 1. The number of aromatic nitrogens is 2. The number of rotatable bonds is 11. The van der Waals surface area contributed by atoms with E-state index in [2.05, 4.69) is 35.7 Å². The molecule has 3 N–H and O–H groups in total. The molecule has 3 saturated heterocycles. The number of hydrogen-bond donors (Lipinski definition) is 3. The molecule has 5 aliphatic rings. The van der Waals surface area contributed by atoms with Crippen LogP contribution >= 0.6 is 0 Å². The van der Waals surface area contributed by atoms with Gasteiger partial charge in [-0.05, 0) is 68.0 Å². The Morgan fingerprint density at radius 1 is 0.935 bits per heavy atom. The van der Waals surface area contributed by atoms with Gasteiger partial charge in [-0.3, -0.25) is 34.2 Å². The number of nitrogens with one attached hydrogen (secondary N) is 3. The van der Waals surface area contributed by atoms with Gasteiger partial charge in [0, 0.05) is 89.0 Å². The summed E-state index contributed by atoms with van der Waals surface area (Å²) in [6, 6.07) is 12.7. The number of alkyl halides is 2. The van der Waals surface area contributed by atoms with E-state index in [1.165, 1.54) is 20.4 Å². The lowest BCUT2D eigenvalue weighted by Gasteiger charge is -2.37. The summed E-state index contributed by atoms with van der Waals surface area (Å²) >= 11 is 0. The quantitative estimate of drug-likeness (QED) is 0.237. The highest BCUT2D eigenvalue weighted by molar-refractivity contribution is 6.02. The van der Waals surface area contributed by atoms with Crippen LogP contribution in [0.15, 0.2) is 48.7 Å². The Morgan fingerprint density at radius 2 is 1.66 bits per heavy atom. The predicted octanol–water partition coefficient (Wildman–Crippen LogP) is 4.04. The van der Waals surface area contributed by atoms with E-state index in [0.29, 0.717) is 68.7 Å². The fourth-order valence-electron chi connectivity index (χ4n) is 9.27. The molecule has 0 radical (unpaired) electrons. The van der Waals surface area contributed by atoms with E-state index < -0.39 is 18.4 Å². The Labute approximate surface area is 359 Å².